The molecule has 1 aromatic heterocycles. The summed E-state index contributed by atoms with van der Waals surface area (Å²) in [6.07, 6.45) is -0.618. The Morgan fingerprint density at radius 2 is 1.86 bits per heavy atom. The zero-order valence-corrected chi connectivity index (χ0v) is 17.1. The molecule has 3 rings (SSSR count). The highest BCUT2D eigenvalue weighted by atomic mass is 32.2. The third-order valence-corrected chi connectivity index (χ3v) is 5.17. The number of fused-ring (bicyclic) bond motifs is 1. The highest BCUT2D eigenvalue weighted by Crippen LogP contribution is 2.36. The van der Waals surface area contributed by atoms with E-state index in [1.807, 2.05) is 13.8 Å². The Morgan fingerprint density at radius 1 is 1.17 bits per heavy atom. The molecule has 0 unspecified atom stereocenters. The second kappa shape index (κ2) is 9.86. The van der Waals surface area contributed by atoms with Gasteiger partial charge in [0.15, 0.2) is 6.29 Å². The van der Waals surface area contributed by atoms with Crippen molar-refractivity contribution >= 4 is 29.4 Å². The predicted octanol–water partition coefficient (Wildman–Crippen LogP) is 2.21. The van der Waals surface area contributed by atoms with Gasteiger partial charge in [0.1, 0.15) is 11.6 Å². The standard InChI is InChI=1S/C19H23FN4O4S/c1-3-27-16(28-4-2)9-21-18(25)19(26)22-17-14-10-29-11-15(14)23-24(17)13-7-5-12(20)6-8-13/h5-8,16H,3-4,9-11H2,1-2H3,(H,21,25)(H,22,26). The van der Waals surface area contributed by atoms with Crippen molar-refractivity contribution in [1.29, 1.82) is 0 Å². The Kier molecular flexibility index (Phi) is 7.24. The minimum absolute atomic E-state index is 0.0547. The van der Waals surface area contributed by atoms with Crippen molar-refractivity contribution < 1.29 is 23.5 Å². The summed E-state index contributed by atoms with van der Waals surface area (Å²) in [4.78, 5) is 24.7. The van der Waals surface area contributed by atoms with Gasteiger partial charge in [-0.05, 0) is 38.1 Å². The van der Waals surface area contributed by atoms with Gasteiger partial charge >= 0.3 is 11.8 Å². The molecule has 156 valence electrons. The molecule has 0 saturated carbocycles. The highest BCUT2D eigenvalue weighted by Gasteiger charge is 2.26. The van der Waals surface area contributed by atoms with Crippen LogP contribution < -0.4 is 10.6 Å². The summed E-state index contributed by atoms with van der Waals surface area (Å²) in [5.74, 6) is -0.191. The minimum atomic E-state index is -0.820. The summed E-state index contributed by atoms with van der Waals surface area (Å²) in [6.45, 7) is 4.53. The Balaban J connectivity index is 1.73. The normalized spacial score (nSPS) is 12.8. The molecular weight excluding hydrogens is 399 g/mol. The van der Waals surface area contributed by atoms with Crippen LogP contribution in [0.3, 0.4) is 0 Å². The van der Waals surface area contributed by atoms with Crippen LogP contribution in [0.4, 0.5) is 10.2 Å². The maximum absolute atomic E-state index is 13.3. The predicted molar refractivity (Wildman–Crippen MR) is 107 cm³/mol. The first-order chi connectivity index (χ1) is 14.0. The number of nitrogens with one attached hydrogen (secondary N) is 2. The SMILES string of the molecule is CCOC(CNC(=O)C(=O)Nc1c2c(nn1-c1ccc(F)cc1)CSC2)OCC. The van der Waals surface area contributed by atoms with E-state index >= 15 is 0 Å². The first-order valence-electron chi connectivity index (χ1n) is 9.30. The van der Waals surface area contributed by atoms with Crippen molar-refractivity contribution in [3.63, 3.8) is 0 Å². The van der Waals surface area contributed by atoms with Crippen LogP contribution in [0, 0.1) is 5.82 Å². The molecule has 0 fully saturated rings. The monoisotopic (exact) mass is 422 g/mol. The number of aromatic nitrogens is 2. The number of hydrogen-bond acceptors (Lipinski definition) is 6. The van der Waals surface area contributed by atoms with Crippen molar-refractivity contribution in [2.75, 3.05) is 25.1 Å². The number of rotatable bonds is 8. The molecule has 1 aliphatic rings. The van der Waals surface area contributed by atoms with Crippen LogP contribution in [0.5, 0.6) is 0 Å². The first-order valence-corrected chi connectivity index (χ1v) is 10.5. The van der Waals surface area contributed by atoms with E-state index in [-0.39, 0.29) is 12.4 Å². The Hall–Kier alpha value is -2.43. The van der Waals surface area contributed by atoms with Crippen LogP contribution in [0.15, 0.2) is 24.3 Å². The number of amides is 2. The lowest BCUT2D eigenvalue weighted by Gasteiger charge is -2.17. The molecule has 0 atom stereocenters. The molecule has 0 aliphatic carbocycles. The van der Waals surface area contributed by atoms with Gasteiger partial charge in [-0.3, -0.25) is 9.59 Å². The van der Waals surface area contributed by atoms with Crippen molar-refractivity contribution in [1.82, 2.24) is 15.1 Å². The molecule has 1 aliphatic heterocycles. The molecule has 0 bridgehead atoms. The number of halogens is 1. The average Bonchev–Trinajstić information content (AvgIpc) is 3.29. The average molecular weight is 422 g/mol. The first kappa shape index (κ1) is 21.3. The maximum atomic E-state index is 13.3. The van der Waals surface area contributed by atoms with Crippen LogP contribution in [-0.2, 0) is 30.6 Å². The fraction of sp³-hybridized carbons (Fsp3) is 0.421. The van der Waals surface area contributed by atoms with Gasteiger partial charge in [0.25, 0.3) is 0 Å². The number of hydrogen-bond donors (Lipinski definition) is 2. The molecule has 10 heteroatoms. The van der Waals surface area contributed by atoms with E-state index in [0.29, 0.717) is 36.2 Å². The van der Waals surface area contributed by atoms with Gasteiger partial charge in [-0.1, -0.05) is 0 Å². The van der Waals surface area contributed by atoms with Gasteiger partial charge in [0, 0.05) is 30.3 Å². The van der Waals surface area contributed by atoms with Gasteiger partial charge in [0.2, 0.25) is 0 Å². The summed E-state index contributed by atoms with van der Waals surface area (Å²) < 4.78 is 25.5. The Morgan fingerprint density at radius 3 is 2.52 bits per heavy atom. The van der Waals surface area contributed by atoms with Gasteiger partial charge in [0.05, 0.1) is 17.9 Å². The molecule has 1 aromatic carbocycles. The number of thioether (sulfide) groups is 1. The van der Waals surface area contributed by atoms with Crippen molar-refractivity contribution in [3.05, 3.63) is 41.3 Å². The lowest BCUT2D eigenvalue weighted by molar-refractivity contribution is -0.145. The van der Waals surface area contributed by atoms with Crippen LogP contribution in [0.1, 0.15) is 25.1 Å². The van der Waals surface area contributed by atoms with E-state index in [1.165, 1.54) is 16.8 Å². The van der Waals surface area contributed by atoms with Gasteiger partial charge in [-0.25, -0.2) is 9.07 Å². The molecular formula is C19H23FN4O4S. The molecule has 2 N–H and O–H groups in total. The number of ether oxygens (including phenoxy) is 2. The van der Waals surface area contributed by atoms with E-state index < -0.39 is 18.1 Å². The molecule has 0 saturated heterocycles. The van der Waals surface area contributed by atoms with Crippen LogP contribution >= 0.6 is 11.8 Å². The molecule has 2 amide bonds. The van der Waals surface area contributed by atoms with Crippen molar-refractivity contribution in [2.45, 2.75) is 31.6 Å². The van der Waals surface area contributed by atoms with E-state index in [0.717, 1.165) is 11.3 Å². The molecule has 8 nitrogen and oxygen atoms in total. The summed E-state index contributed by atoms with van der Waals surface area (Å²) >= 11 is 1.67. The lowest BCUT2D eigenvalue weighted by Crippen LogP contribution is -2.41. The third kappa shape index (κ3) is 5.14. The minimum Gasteiger partial charge on any atom is -0.351 e. The highest BCUT2D eigenvalue weighted by molar-refractivity contribution is 7.98. The van der Waals surface area contributed by atoms with E-state index in [2.05, 4.69) is 15.7 Å². The quantitative estimate of drug-likeness (QED) is 0.500. The van der Waals surface area contributed by atoms with Gasteiger partial charge in [-0.15, -0.1) is 0 Å². The molecule has 2 aromatic rings. The summed E-state index contributed by atoms with van der Waals surface area (Å²) in [6, 6.07) is 5.76. The molecule has 2 heterocycles. The van der Waals surface area contributed by atoms with Crippen LogP contribution in [-0.4, -0.2) is 47.6 Å². The lowest BCUT2D eigenvalue weighted by atomic mass is 10.2. The fourth-order valence-electron chi connectivity index (χ4n) is 2.87. The number of nitrogens with zero attached hydrogens (tertiary/aromatic N) is 2. The summed E-state index contributed by atoms with van der Waals surface area (Å²) in [5, 5.41) is 9.68. The van der Waals surface area contributed by atoms with E-state index in [4.69, 9.17) is 9.47 Å². The Labute approximate surface area is 172 Å². The van der Waals surface area contributed by atoms with Gasteiger partial charge in [-0.2, -0.15) is 16.9 Å². The number of anilines is 1. The second-order valence-corrected chi connectivity index (χ2v) is 7.14. The molecule has 29 heavy (non-hydrogen) atoms. The smallest absolute Gasteiger partial charge is 0.314 e. The van der Waals surface area contributed by atoms with Crippen molar-refractivity contribution in [3.8, 4) is 5.69 Å². The topological polar surface area (TPSA) is 94.5 Å². The number of benzene rings is 1. The summed E-state index contributed by atoms with van der Waals surface area (Å²) in [7, 11) is 0. The maximum Gasteiger partial charge on any atom is 0.314 e. The van der Waals surface area contributed by atoms with E-state index in [9.17, 15) is 14.0 Å². The van der Waals surface area contributed by atoms with Crippen LogP contribution in [0.2, 0.25) is 0 Å². The number of carbonyl (C=O) groups excluding carboxylic acids is 2. The Bertz CT molecular complexity index is 866. The van der Waals surface area contributed by atoms with Crippen molar-refractivity contribution in [2.24, 2.45) is 0 Å². The summed E-state index contributed by atoms with van der Waals surface area (Å²) in [5.41, 5.74) is 2.29. The zero-order valence-electron chi connectivity index (χ0n) is 16.2. The van der Waals surface area contributed by atoms with Gasteiger partial charge < -0.3 is 20.1 Å². The largest absolute Gasteiger partial charge is 0.351 e. The molecule has 0 spiro atoms. The van der Waals surface area contributed by atoms with E-state index in [1.54, 1.807) is 23.9 Å². The zero-order chi connectivity index (χ0) is 20.8. The van der Waals surface area contributed by atoms with Crippen LogP contribution in [0.25, 0.3) is 5.69 Å². The second-order valence-electron chi connectivity index (χ2n) is 6.16. The third-order valence-electron chi connectivity index (χ3n) is 4.20. The molecule has 0 radical (unpaired) electrons. The number of carbonyl (C=O) groups is 2. The fourth-order valence-corrected chi connectivity index (χ4v) is 3.90.